The fourth-order valence-corrected chi connectivity index (χ4v) is 1.95. The van der Waals surface area contributed by atoms with Gasteiger partial charge in [-0.25, -0.2) is 9.18 Å². The minimum atomic E-state index is -0.486. The zero-order valence-corrected chi connectivity index (χ0v) is 12.0. The van der Waals surface area contributed by atoms with Crippen LogP contribution in [0, 0.1) is 5.82 Å². The van der Waals surface area contributed by atoms with Crippen LogP contribution >= 0.6 is 0 Å². The molecule has 6 heteroatoms. The number of anilines is 1. The van der Waals surface area contributed by atoms with Gasteiger partial charge in [0.15, 0.2) is 0 Å². The van der Waals surface area contributed by atoms with Gasteiger partial charge in [0.2, 0.25) is 0 Å². The molecule has 2 amide bonds. The van der Waals surface area contributed by atoms with Gasteiger partial charge in [-0.3, -0.25) is 0 Å². The molecule has 0 fully saturated rings. The average Bonchev–Trinajstić information content (AvgIpc) is 2.95. The normalized spacial score (nSPS) is 12.0. The average molecular weight is 291 g/mol. The number of benzene rings is 1. The Labute approximate surface area is 122 Å². The van der Waals surface area contributed by atoms with Crippen molar-refractivity contribution in [2.75, 3.05) is 19.0 Å². The summed E-state index contributed by atoms with van der Waals surface area (Å²) in [4.78, 5) is 11.8. The third kappa shape index (κ3) is 4.06. The number of methoxy groups -OCH3 is 1. The van der Waals surface area contributed by atoms with E-state index in [9.17, 15) is 9.18 Å². The van der Waals surface area contributed by atoms with E-state index in [1.165, 1.54) is 6.07 Å². The zero-order chi connectivity index (χ0) is 15.2. The predicted molar refractivity (Wildman–Crippen MR) is 79.2 cm³/mol. The summed E-state index contributed by atoms with van der Waals surface area (Å²) >= 11 is 0. The Morgan fingerprint density at radius 3 is 2.76 bits per heavy atom. The minimum absolute atomic E-state index is 0.128. The SMILES string of the molecule is COC[C@@H](C)NC(=O)Nc1cc(-n2cccc2)ccc1F. The summed E-state index contributed by atoms with van der Waals surface area (Å²) in [6, 6.07) is 7.66. The van der Waals surface area contributed by atoms with Crippen LogP contribution in [0.2, 0.25) is 0 Å². The Balaban J connectivity index is 2.09. The van der Waals surface area contributed by atoms with Crippen molar-refractivity contribution in [3.63, 3.8) is 0 Å². The maximum Gasteiger partial charge on any atom is 0.319 e. The lowest BCUT2D eigenvalue weighted by Gasteiger charge is -2.14. The minimum Gasteiger partial charge on any atom is -0.383 e. The third-order valence-electron chi connectivity index (χ3n) is 2.89. The highest BCUT2D eigenvalue weighted by molar-refractivity contribution is 5.89. The van der Waals surface area contributed by atoms with E-state index < -0.39 is 11.8 Å². The summed E-state index contributed by atoms with van der Waals surface area (Å²) in [7, 11) is 1.55. The first kappa shape index (κ1) is 15.1. The lowest BCUT2D eigenvalue weighted by atomic mass is 10.2. The molecule has 0 saturated heterocycles. The molecular weight excluding hydrogens is 273 g/mol. The van der Waals surface area contributed by atoms with Crippen molar-refractivity contribution < 1.29 is 13.9 Å². The van der Waals surface area contributed by atoms with E-state index in [1.54, 1.807) is 26.2 Å². The number of carbonyl (C=O) groups excluding carboxylic acids is 1. The molecule has 1 aromatic heterocycles. The second-order valence-electron chi connectivity index (χ2n) is 4.71. The van der Waals surface area contributed by atoms with Crippen LogP contribution in [0.25, 0.3) is 5.69 Å². The van der Waals surface area contributed by atoms with Gasteiger partial charge in [-0.15, -0.1) is 0 Å². The molecule has 0 radical (unpaired) electrons. The van der Waals surface area contributed by atoms with Crippen LogP contribution in [0.3, 0.4) is 0 Å². The summed E-state index contributed by atoms with van der Waals surface area (Å²) in [6.45, 7) is 2.19. The highest BCUT2D eigenvalue weighted by Gasteiger charge is 2.10. The molecule has 0 spiro atoms. The topological polar surface area (TPSA) is 55.3 Å². The highest BCUT2D eigenvalue weighted by atomic mass is 19.1. The first-order valence-electron chi connectivity index (χ1n) is 6.59. The Hall–Kier alpha value is -2.34. The molecule has 5 nitrogen and oxygen atoms in total. The van der Waals surface area contributed by atoms with Crippen molar-refractivity contribution in [1.82, 2.24) is 9.88 Å². The zero-order valence-electron chi connectivity index (χ0n) is 12.0. The van der Waals surface area contributed by atoms with Gasteiger partial charge in [0.1, 0.15) is 5.82 Å². The molecule has 0 bridgehead atoms. The van der Waals surface area contributed by atoms with E-state index in [1.807, 2.05) is 29.1 Å². The van der Waals surface area contributed by atoms with Crippen molar-refractivity contribution >= 4 is 11.7 Å². The van der Waals surface area contributed by atoms with Crippen molar-refractivity contribution in [2.24, 2.45) is 0 Å². The fraction of sp³-hybridized carbons (Fsp3) is 0.267. The maximum absolute atomic E-state index is 13.8. The van der Waals surface area contributed by atoms with Crippen LogP contribution in [-0.2, 0) is 4.74 Å². The number of aromatic nitrogens is 1. The Morgan fingerprint density at radius 1 is 1.38 bits per heavy atom. The lowest BCUT2D eigenvalue weighted by molar-refractivity contribution is 0.173. The number of halogens is 1. The molecule has 0 aliphatic carbocycles. The first-order chi connectivity index (χ1) is 10.1. The van der Waals surface area contributed by atoms with E-state index >= 15 is 0 Å². The third-order valence-corrected chi connectivity index (χ3v) is 2.89. The molecule has 2 N–H and O–H groups in total. The van der Waals surface area contributed by atoms with E-state index in [0.29, 0.717) is 6.61 Å². The molecule has 2 rings (SSSR count). The smallest absolute Gasteiger partial charge is 0.319 e. The van der Waals surface area contributed by atoms with Crippen molar-refractivity contribution in [2.45, 2.75) is 13.0 Å². The van der Waals surface area contributed by atoms with Gasteiger partial charge in [0.25, 0.3) is 0 Å². The van der Waals surface area contributed by atoms with Crippen LogP contribution in [0.4, 0.5) is 14.9 Å². The van der Waals surface area contributed by atoms with Crippen LogP contribution in [0.5, 0.6) is 0 Å². The Bertz CT molecular complexity index is 599. The van der Waals surface area contributed by atoms with Crippen molar-refractivity contribution in [3.05, 3.63) is 48.5 Å². The predicted octanol–water partition coefficient (Wildman–Crippen LogP) is 2.77. The molecule has 0 saturated carbocycles. The van der Waals surface area contributed by atoms with Crippen molar-refractivity contribution in [3.8, 4) is 5.69 Å². The number of ether oxygens (including phenoxy) is 1. The van der Waals surface area contributed by atoms with Gasteiger partial charge in [0, 0.05) is 25.2 Å². The van der Waals surface area contributed by atoms with Crippen LogP contribution in [-0.4, -0.2) is 30.4 Å². The molecule has 0 aliphatic rings. The number of urea groups is 1. The van der Waals surface area contributed by atoms with Gasteiger partial charge in [-0.2, -0.15) is 0 Å². The molecule has 1 heterocycles. The summed E-state index contributed by atoms with van der Waals surface area (Å²) in [6.07, 6.45) is 3.69. The molecule has 21 heavy (non-hydrogen) atoms. The quantitative estimate of drug-likeness (QED) is 0.890. The molecule has 112 valence electrons. The second kappa shape index (κ2) is 6.90. The highest BCUT2D eigenvalue weighted by Crippen LogP contribution is 2.19. The fourth-order valence-electron chi connectivity index (χ4n) is 1.95. The number of amides is 2. The number of carbonyl (C=O) groups is 1. The molecule has 0 aliphatic heterocycles. The van der Waals surface area contributed by atoms with E-state index in [0.717, 1.165) is 5.69 Å². The summed E-state index contributed by atoms with van der Waals surface area (Å²) in [5.41, 5.74) is 0.893. The van der Waals surface area contributed by atoms with Gasteiger partial charge in [-0.05, 0) is 37.3 Å². The number of hydrogen-bond donors (Lipinski definition) is 2. The van der Waals surface area contributed by atoms with Gasteiger partial charge in [-0.1, -0.05) is 0 Å². The lowest BCUT2D eigenvalue weighted by Crippen LogP contribution is -2.38. The molecule has 1 aromatic carbocycles. The molecule has 2 aromatic rings. The molecule has 0 unspecified atom stereocenters. The van der Waals surface area contributed by atoms with Gasteiger partial charge in [0.05, 0.1) is 18.3 Å². The standard InChI is InChI=1S/C15H18FN3O2/c1-11(10-21-2)17-15(20)18-14-9-12(5-6-13(14)16)19-7-3-4-8-19/h3-9,11H,10H2,1-2H3,(H2,17,18,20)/t11-/m1/s1. The largest absolute Gasteiger partial charge is 0.383 e. The second-order valence-corrected chi connectivity index (χ2v) is 4.71. The summed E-state index contributed by atoms with van der Waals surface area (Å²) in [5, 5.41) is 5.17. The first-order valence-corrected chi connectivity index (χ1v) is 6.59. The van der Waals surface area contributed by atoms with Crippen molar-refractivity contribution in [1.29, 1.82) is 0 Å². The number of nitrogens with zero attached hydrogens (tertiary/aromatic N) is 1. The van der Waals surface area contributed by atoms with E-state index in [2.05, 4.69) is 10.6 Å². The van der Waals surface area contributed by atoms with E-state index in [-0.39, 0.29) is 11.7 Å². The molecular formula is C15H18FN3O2. The summed E-state index contributed by atoms with van der Waals surface area (Å²) in [5.74, 6) is -0.486. The van der Waals surface area contributed by atoms with E-state index in [4.69, 9.17) is 4.74 Å². The van der Waals surface area contributed by atoms with Gasteiger partial charge < -0.3 is 19.9 Å². The summed E-state index contributed by atoms with van der Waals surface area (Å²) < 4.78 is 20.5. The number of rotatable bonds is 5. The monoisotopic (exact) mass is 291 g/mol. The Morgan fingerprint density at radius 2 is 2.10 bits per heavy atom. The number of hydrogen-bond acceptors (Lipinski definition) is 2. The Kier molecular flexibility index (Phi) is 4.94. The van der Waals surface area contributed by atoms with Gasteiger partial charge >= 0.3 is 6.03 Å². The van der Waals surface area contributed by atoms with Crippen LogP contribution in [0.1, 0.15) is 6.92 Å². The maximum atomic E-state index is 13.8. The van der Waals surface area contributed by atoms with Crippen LogP contribution in [0.15, 0.2) is 42.7 Å². The van der Waals surface area contributed by atoms with Crippen LogP contribution < -0.4 is 10.6 Å². The molecule has 1 atom stereocenters. The number of nitrogens with one attached hydrogen (secondary N) is 2.